The molecule has 1 amide bonds. The SMILES string of the molecule is CC(C)=CCOc1cccc(C(=O)N2C[C@@H](C(F)(F)F)[C@H](C(=O)O)C2)c1. The molecule has 1 aliphatic rings. The van der Waals surface area contributed by atoms with Crippen LogP contribution in [0.15, 0.2) is 35.9 Å². The van der Waals surface area contributed by atoms with E-state index in [1.165, 1.54) is 12.1 Å². The molecule has 1 aliphatic heterocycles. The zero-order valence-electron chi connectivity index (χ0n) is 14.4. The molecule has 26 heavy (non-hydrogen) atoms. The van der Waals surface area contributed by atoms with Crippen LogP contribution in [0.1, 0.15) is 24.2 Å². The van der Waals surface area contributed by atoms with E-state index in [0.717, 1.165) is 10.5 Å². The van der Waals surface area contributed by atoms with Crippen molar-refractivity contribution in [2.75, 3.05) is 19.7 Å². The molecular weight excluding hydrogens is 351 g/mol. The number of likely N-dealkylation sites (tertiary alicyclic amines) is 1. The monoisotopic (exact) mass is 371 g/mol. The van der Waals surface area contributed by atoms with Crippen LogP contribution in [0.25, 0.3) is 0 Å². The number of benzene rings is 1. The second-order valence-corrected chi connectivity index (χ2v) is 6.42. The number of alkyl halides is 3. The summed E-state index contributed by atoms with van der Waals surface area (Å²) < 4.78 is 44.6. The lowest BCUT2D eigenvalue weighted by Gasteiger charge is -2.18. The molecule has 0 saturated carbocycles. The Morgan fingerprint density at radius 2 is 2.00 bits per heavy atom. The van der Waals surface area contributed by atoms with Gasteiger partial charge in [-0.25, -0.2) is 0 Å². The maximum absolute atomic E-state index is 13.1. The lowest BCUT2D eigenvalue weighted by Crippen LogP contribution is -2.34. The molecule has 1 aromatic rings. The average Bonchev–Trinajstić information content (AvgIpc) is 3.00. The third-order valence-corrected chi connectivity index (χ3v) is 4.17. The first kappa shape index (κ1) is 19.8. The van der Waals surface area contributed by atoms with Crippen LogP contribution in [0.5, 0.6) is 5.75 Å². The van der Waals surface area contributed by atoms with Crippen molar-refractivity contribution in [2.45, 2.75) is 20.0 Å². The van der Waals surface area contributed by atoms with Gasteiger partial charge in [0.1, 0.15) is 12.4 Å². The van der Waals surface area contributed by atoms with E-state index in [1.54, 1.807) is 12.1 Å². The number of ether oxygens (including phenoxy) is 1. The summed E-state index contributed by atoms with van der Waals surface area (Å²) in [7, 11) is 0. The van der Waals surface area contributed by atoms with E-state index < -0.39 is 43.0 Å². The van der Waals surface area contributed by atoms with Crippen molar-refractivity contribution in [3.8, 4) is 5.75 Å². The first-order valence-corrected chi connectivity index (χ1v) is 8.04. The Morgan fingerprint density at radius 3 is 2.54 bits per heavy atom. The van der Waals surface area contributed by atoms with Crippen LogP contribution in [0.2, 0.25) is 0 Å². The Morgan fingerprint density at radius 1 is 1.31 bits per heavy atom. The van der Waals surface area contributed by atoms with E-state index in [2.05, 4.69) is 0 Å². The maximum atomic E-state index is 13.1. The fourth-order valence-electron chi connectivity index (χ4n) is 2.76. The van der Waals surface area contributed by atoms with E-state index in [9.17, 15) is 22.8 Å². The Kier molecular flexibility index (Phi) is 5.94. The van der Waals surface area contributed by atoms with Crippen molar-refractivity contribution < 1.29 is 32.6 Å². The van der Waals surface area contributed by atoms with Gasteiger partial charge in [-0.1, -0.05) is 11.6 Å². The number of hydrogen-bond acceptors (Lipinski definition) is 3. The van der Waals surface area contributed by atoms with Crippen LogP contribution in [0.3, 0.4) is 0 Å². The van der Waals surface area contributed by atoms with Gasteiger partial charge >= 0.3 is 12.1 Å². The Labute approximate surface area is 149 Å². The lowest BCUT2D eigenvalue weighted by molar-refractivity contribution is -0.187. The summed E-state index contributed by atoms with van der Waals surface area (Å²) in [5, 5.41) is 9.04. The third-order valence-electron chi connectivity index (χ3n) is 4.17. The standard InChI is InChI=1S/C18H20F3NO4/c1-11(2)6-7-26-13-5-3-4-12(8-13)16(23)22-9-14(17(24)25)15(10-22)18(19,20)21/h3-6,8,14-15H,7,9-10H2,1-2H3,(H,24,25)/t14-,15-/m1/s1. The summed E-state index contributed by atoms with van der Waals surface area (Å²) >= 11 is 0. The van der Waals surface area contributed by atoms with Gasteiger partial charge in [-0.15, -0.1) is 0 Å². The van der Waals surface area contributed by atoms with Gasteiger partial charge in [-0.05, 0) is 38.1 Å². The molecule has 0 unspecified atom stereocenters. The quantitative estimate of drug-likeness (QED) is 0.806. The summed E-state index contributed by atoms with van der Waals surface area (Å²) in [6.45, 7) is 2.99. The van der Waals surface area contributed by atoms with Gasteiger partial charge in [0.2, 0.25) is 0 Å². The van der Waals surface area contributed by atoms with E-state index in [4.69, 9.17) is 9.84 Å². The minimum atomic E-state index is -4.67. The molecule has 8 heteroatoms. The number of carbonyl (C=O) groups excluding carboxylic acids is 1. The van der Waals surface area contributed by atoms with Gasteiger partial charge in [0.25, 0.3) is 5.91 Å². The van der Waals surface area contributed by atoms with Crippen LogP contribution < -0.4 is 4.74 Å². The van der Waals surface area contributed by atoms with Crippen LogP contribution in [0.4, 0.5) is 13.2 Å². The van der Waals surface area contributed by atoms with Crippen molar-refractivity contribution in [3.05, 3.63) is 41.5 Å². The highest BCUT2D eigenvalue weighted by Gasteiger charge is 2.53. The first-order valence-electron chi connectivity index (χ1n) is 8.04. The molecule has 2 rings (SSSR count). The highest BCUT2D eigenvalue weighted by molar-refractivity contribution is 5.95. The Bertz CT molecular complexity index is 711. The molecule has 0 aliphatic carbocycles. The largest absolute Gasteiger partial charge is 0.490 e. The molecule has 0 radical (unpaired) electrons. The molecule has 2 atom stereocenters. The number of carboxylic acid groups (broad SMARTS) is 1. The zero-order valence-corrected chi connectivity index (χ0v) is 14.4. The smallest absolute Gasteiger partial charge is 0.394 e. The van der Waals surface area contributed by atoms with Gasteiger partial charge in [-0.2, -0.15) is 13.2 Å². The third kappa shape index (κ3) is 4.77. The van der Waals surface area contributed by atoms with Crippen LogP contribution in [-0.4, -0.2) is 47.8 Å². The molecule has 142 valence electrons. The molecule has 5 nitrogen and oxygen atoms in total. The molecule has 1 saturated heterocycles. The van der Waals surface area contributed by atoms with Crippen molar-refractivity contribution >= 4 is 11.9 Å². The summed E-state index contributed by atoms with van der Waals surface area (Å²) in [5.74, 6) is -5.51. The topological polar surface area (TPSA) is 66.8 Å². The summed E-state index contributed by atoms with van der Waals surface area (Å²) in [5.41, 5.74) is 1.22. The van der Waals surface area contributed by atoms with Gasteiger partial charge in [0.15, 0.2) is 0 Å². The van der Waals surface area contributed by atoms with E-state index in [0.29, 0.717) is 12.4 Å². The van der Waals surface area contributed by atoms with Gasteiger partial charge in [-0.3, -0.25) is 9.59 Å². The van der Waals surface area contributed by atoms with E-state index >= 15 is 0 Å². The Balaban J connectivity index is 2.14. The number of amides is 1. The average molecular weight is 371 g/mol. The molecule has 1 heterocycles. The maximum Gasteiger partial charge on any atom is 0.394 e. The molecule has 1 N–H and O–H groups in total. The van der Waals surface area contributed by atoms with Gasteiger partial charge in [0.05, 0.1) is 11.8 Å². The highest BCUT2D eigenvalue weighted by Crippen LogP contribution is 2.38. The van der Waals surface area contributed by atoms with Crippen molar-refractivity contribution in [1.82, 2.24) is 4.90 Å². The molecule has 1 fully saturated rings. The lowest BCUT2D eigenvalue weighted by atomic mass is 9.96. The number of carboxylic acids is 1. The predicted molar refractivity (Wildman–Crippen MR) is 87.9 cm³/mol. The second kappa shape index (κ2) is 7.80. The van der Waals surface area contributed by atoms with E-state index in [-0.39, 0.29) is 5.56 Å². The summed E-state index contributed by atoms with van der Waals surface area (Å²) in [6, 6.07) is 6.11. The number of aliphatic carboxylic acids is 1. The molecular formula is C18H20F3NO4. The predicted octanol–water partition coefficient (Wildman–Crippen LogP) is 3.37. The molecule has 0 bridgehead atoms. The highest BCUT2D eigenvalue weighted by atomic mass is 19.4. The zero-order chi connectivity index (χ0) is 19.5. The number of rotatable bonds is 5. The number of allylic oxidation sites excluding steroid dienone is 1. The van der Waals surface area contributed by atoms with Gasteiger partial charge in [0, 0.05) is 18.7 Å². The number of carbonyl (C=O) groups is 2. The minimum absolute atomic E-state index is 0.159. The van der Waals surface area contributed by atoms with E-state index in [1.807, 2.05) is 19.9 Å². The van der Waals surface area contributed by atoms with Crippen molar-refractivity contribution in [3.63, 3.8) is 0 Å². The summed E-state index contributed by atoms with van der Waals surface area (Å²) in [4.78, 5) is 24.6. The van der Waals surface area contributed by atoms with Crippen LogP contribution >= 0.6 is 0 Å². The van der Waals surface area contributed by atoms with Crippen LogP contribution in [0, 0.1) is 11.8 Å². The fraction of sp³-hybridized carbons (Fsp3) is 0.444. The molecule has 0 aromatic heterocycles. The van der Waals surface area contributed by atoms with Crippen molar-refractivity contribution in [2.24, 2.45) is 11.8 Å². The molecule has 0 spiro atoms. The second-order valence-electron chi connectivity index (χ2n) is 6.42. The Hall–Kier alpha value is -2.51. The minimum Gasteiger partial charge on any atom is -0.490 e. The normalized spacial score (nSPS) is 20.0. The number of nitrogens with zero attached hydrogens (tertiary/aromatic N) is 1. The molecule has 1 aromatic carbocycles. The van der Waals surface area contributed by atoms with Crippen LogP contribution in [-0.2, 0) is 4.79 Å². The summed E-state index contributed by atoms with van der Waals surface area (Å²) in [6.07, 6.45) is -2.83. The first-order chi connectivity index (χ1) is 12.1. The fourth-order valence-corrected chi connectivity index (χ4v) is 2.76. The number of hydrogen-bond donors (Lipinski definition) is 1. The van der Waals surface area contributed by atoms with Gasteiger partial charge < -0.3 is 14.7 Å². The number of halogens is 3. The van der Waals surface area contributed by atoms with Crippen molar-refractivity contribution in [1.29, 1.82) is 0 Å².